The van der Waals surface area contributed by atoms with Crippen LogP contribution >= 0.6 is 0 Å². The molecule has 0 aliphatic rings. The number of rotatable bonds is 7. The van der Waals surface area contributed by atoms with Gasteiger partial charge in [-0.05, 0) is 43.1 Å². The lowest BCUT2D eigenvalue weighted by atomic mass is 9.93. The van der Waals surface area contributed by atoms with Crippen LogP contribution in [0.4, 0.5) is 8.78 Å². The number of amides is 1. The Morgan fingerprint density at radius 2 is 1.90 bits per heavy atom. The van der Waals surface area contributed by atoms with Crippen LogP contribution in [0.25, 0.3) is 0 Å². The minimum Gasteiger partial charge on any atom is -0.435 e. The first kappa shape index (κ1) is 17.4. The fraction of sp³-hybridized carbons (Fsp3) is 0.533. The molecule has 0 spiro atoms. The minimum absolute atomic E-state index is 0.0342. The molecule has 0 fully saturated rings. The first-order chi connectivity index (χ1) is 9.79. The van der Waals surface area contributed by atoms with Gasteiger partial charge in [-0.25, -0.2) is 0 Å². The number of nitrogens with two attached hydrogens (primary N) is 1. The molecule has 0 atom stereocenters. The third-order valence-electron chi connectivity index (χ3n) is 3.17. The van der Waals surface area contributed by atoms with Gasteiger partial charge in [-0.2, -0.15) is 8.78 Å². The van der Waals surface area contributed by atoms with E-state index in [9.17, 15) is 13.6 Å². The summed E-state index contributed by atoms with van der Waals surface area (Å²) in [6.45, 7) is 4.55. The number of ether oxygens (including phenoxy) is 1. The smallest absolute Gasteiger partial charge is 0.387 e. The Morgan fingerprint density at radius 1 is 1.33 bits per heavy atom. The van der Waals surface area contributed by atoms with E-state index in [1.54, 1.807) is 4.90 Å². The molecule has 0 unspecified atom stereocenters. The highest BCUT2D eigenvalue weighted by atomic mass is 19.3. The zero-order valence-corrected chi connectivity index (χ0v) is 12.6. The summed E-state index contributed by atoms with van der Waals surface area (Å²) in [5, 5.41) is 0. The molecular formula is C15H22F2N2O2. The summed E-state index contributed by atoms with van der Waals surface area (Å²) in [6, 6.07) is 5.69. The largest absolute Gasteiger partial charge is 0.435 e. The number of benzene rings is 1. The second-order valence-corrected chi connectivity index (χ2v) is 5.59. The molecule has 2 N–H and O–H groups in total. The third kappa shape index (κ3) is 5.30. The van der Waals surface area contributed by atoms with Crippen molar-refractivity contribution >= 4 is 5.91 Å². The summed E-state index contributed by atoms with van der Waals surface area (Å²) >= 11 is 0. The van der Waals surface area contributed by atoms with Gasteiger partial charge in [0, 0.05) is 18.7 Å². The molecule has 118 valence electrons. The second kappa shape index (κ2) is 7.36. The van der Waals surface area contributed by atoms with Gasteiger partial charge < -0.3 is 15.4 Å². The molecule has 4 nitrogen and oxygen atoms in total. The summed E-state index contributed by atoms with van der Waals surface area (Å²) in [4.78, 5) is 14.1. The molecule has 0 heterocycles. The minimum atomic E-state index is -2.87. The van der Waals surface area contributed by atoms with Crippen LogP contribution in [-0.4, -0.2) is 37.1 Å². The van der Waals surface area contributed by atoms with E-state index in [1.165, 1.54) is 24.3 Å². The van der Waals surface area contributed by atoms with Crippen molar-refractivity contribution in [1.29, 1.82) is 0 Å². The van der Waals surface area contributed by atoms with Crippen LogP contribution in [-0.2, 0) is 0 Å². The van der Waals surface area contributed by atoms with Gasteiger partial charge in [-0.3, -0.25) is 4.79 Å². The fourth-order valence-electron chi connectivity index (χ4n) is 1.87. The van der Waals surface area contributed by atoms with Crippen molar-refractivity contribution in [3.8, 4) is 5.75 Å². The lowest BCUT2D eigenvalue weighted by Crippen LogP contribution is -2.41. The zero-order chi connectivity index (χ0) is 16.0. The Bertz CT molecular complexity index is 461. The van der Waals surface area contributed by atoms with Crippen molar-refractivity contribution in [3.63, 3.8) is 0 Å². The van der Waals surface area contributed by atoms with Gasteiger partial charge in [0.05, 0.1) is 0 Å². The number of halogens is 2. The summed E-state index contributed by atoms with van der Waals surface area (Å²) in [6.07, 6.45) is 0. The second-order valence-electron chi connectivity index (χ2n) is 5.59. The number of hydrogen-bond acceptors (Lipinski definition) is 3. The lowest BCUT2D eigenvalue weighted by Gasteiger charge is -2.31. The van der Waals surface area contributed by atoms with Crippen LogP contribution in [0.5, 0.6) is 5.75 Å². The van der Waals surface area contributed by atoms with Crippen molar-refractivity contribution in [2.45, 2.75) is 27.4 Å². The van der Waals surface area contributed by atoms with E-state index < -0.39 is 6.61 Å². The van der Waals surface area contributed by atoms with Gasteiger partial charge in [-0.15, -0.1) is 0 Å². The van der Waals surface area contributed by atoms with Crippen molar-refractivity contribution in [2.24, 2.45) is 11.1 Å². The topological polar surface area (TPSA) is 55.6 Å². The number of carbonyl (C=O) groups excluding carboxylic acids is 1. The zero-order valence-electron chi connectivity index (χ0n) is 12.6. The van der Waals surface area contributed by atoms with Crippen LogP contribution in [0.3, 0.4) is 0 Å². The molecular weight excluding hydrogens is 278 g/mol. The van der Waals surface area contributed by atoms with Crippen LogP contribution < -0.4 is 10.5 Å². The highest BCUT2D eigenvalue weighted by Gasteiger charge is 2.23. The van der Waals surface area contributed by atoms with Crippen molar-refractivity contribution in [3.05, 3.63) is 29.8 Å². The molecule has 0 saturated carbocycles. The monoisotopic (exact) mass is 300 g/mol. The molecule has 1 rings (SSSR count). The standard InChI is InChI=1S/C15H22F2N2O2/c1-4-19(10-15(2,3)9-18)13(20)11-5-7-12(8-6-11)21-14(16)17/h5-8,14H,4,9-10,18H2,1-3H3. The van der Waals surface area contributed by atoms with Gasteiger partial charge >= 0.3 is 6.61 Å². The summed E-state index contributed by atoms with van der Waals surface area (Å²) < 4.78 is 28.4. The fourth-order valence-corrected chi connectivity index (χ4v) is 1.87. The molecule has 0 bridgehead atoms. The Hall–Kier alpha value is -1.69. The number of alkyl halides is 2. The summed E-state index contributed by atoms with van der Waals surface area (Å²) in [5.74, 6) is -0.116. The maximum atomic E-state index is 12.4. The maximum absolute atomic E-state index is 12.4. The third-order valence-corrected chi connectivity index (χ3v) is 3.17. The van der Waals surface area contributed by atoms with E-state index >= 15 is 0 Å². The summed E-state index contributed by atoms with van der Waals surface area (Å²) in [7, 11) is 0. The van der Waals surface area contributed by atoms with Gasteiger partial charge in [0.2, 0.25) is 0 Å². The maximum Gasteiger partial charge on any atom is 0.387 e. The molecule has 0 aromatic heterocycles. The van der Waals surface area contributed by atoms with E-state index in [1.807, 2.05) is 20.8 Å². The van der Waals surface area contributed by atoms with E-state index in [0.29, 0.717) is 25.2 Å². The van der Waals surface area contributed by atoms with Crippen LogP contribution in [0.2, 0.25) is 0 Å². The van der Waals surface area contributed by atoms with E-state index in [4.69, 9.17) is 5.73 Å². The van der Waals surface area contributed by atoms with E-state index in [2.05, 4.69) is 4.74 Å². The van der Waals surface area contributed by atoms with E-state index in [0.717, 1.165) is 0 Å². The van der Waals surface area contributed by atoms with Crippen molar-refractivity contribution in [2.75, 3.05) is 19.6 Å². The number of carbonyl (C=O) groups is 1. The molecule has 0 radical (unpaired) electrons. The molecule has 1 aromatic carbocycles. The average molecular weight is 300 g/mol. The molecule has 0 aliphatic carbocycles. The Morgan fingerprint density at radius 3 is 2.33 bits per heavy atom. The molecule has 0 aliphatic heterocycles. The molecule has 6 heteroatoms. The molecule has 21 heavy (non-hydrogen) atoms. The highest BCUT2D eigenvalue weighted by Crippen LogP contribution is 2.19. The summed E-state index contributed by atoms with van der Waals surface area (Å²) in [5.41, 5.74) is 5.95. The normalized spacial score (nSPS) is 11.6. The van der Waals surface area contributed by atoms with Crippen LogP contribution in [0, 0.1) is 5.41 Å². The van der Waals surface area contributed by atoms with Crippen LogP contribution in [0.1, 0.15) is 31.1 Å². The predicted octanol–water partition coefficient (Wildman–Crippen LogP) is 2.74. The number of nitrogens with zero attached hydrogens (tertiary/aromatic N) is 1. The Labute approximate surface area is 123 Å². The van der Waals surface area contributed by atoms with Gasteiger partial charge in [0.1, 0.15) is 5.75 Å². The molecule has 0 saturated heterocycles. The SMILES string of the molecule is CCN(CC(C)(C)CN)C(=O)c1ccc(OC(F)F)cc1. The first-order valence-corrected chi connectivity index (χ1v) is 6.83. The highest BCUT2D eigenvalue weighted by molar-refractivity contribution is 5.94. The lowest BCUT2D eigenvalue weighted by molar-refractivity contribution is -0.0498. The first-order valence-electron chi connectivity index (χ1n) is 6.83. The van der Waals surface area contributed by atoms with Gasteiger partial charge in [0.15, 0.2) is 0 Å². The number of hydrogen-bond donors (Lipinski definition) is 1. The Kier molecular flexibility index (Phi) is 6.08. The van der Waals surface area contributed by atoms with Crippen molar-refractivity contribution < 1.29 is 18.3 Å². The van der Waals surface area contributed by atoms with Crippen molar-refractivity contribution in [1.82, 2.24) is 4.90 Å². The molecule has 1 amide bonds. The predicted molar refractivity (Wildman–Crippen MR) is 77.5 cm³/mol. The van der Waals surface area contributed by atoms with E-state index in [-0.39, 0.29) is 17.1 Å². The quantitative estimate of drug-likeness (QED) is 0.842. The molecule has 1 aromatic rings. The van der Waals surface area contributed by atoms with Gasteiger partial charge in [-0.1, -0.05) is 13.8 Å². The Balaban J connectivity index is 2.80. The average Bonchev–Trinajstić information content (AvgIpc) is 2.44. The van der Waals surface area contributed by atoms with Crippen LogP contribution in [0.15, 0.2) is 24.3 Å². The van der Waals surface area contributed by atoms with Gasteiger partial charge in [0.25, 0.3) is 5.91 Å².